The number of carbonyl (C=O) groups is 1. The minimum atomic E-state index is -0.173. The SMILES string of the molecule is CCOc1cc2c(cc1CNC(=O)N(C)Cc1ccco1)O[C@@H](C)C2. The summed E-state index contributed by atoms with van der Waals surface area (Å²) in [6.45, 7) is 5.37. The molecule has 1 aromatic carbocycles. The molecular weight excluding hydrogens is 320 g/mol. The third kappa shape index (κ3) is 4.07. The molecule has 0 spiro atoms. The zero-order chi connectivity index (χ0) is 17.8. The van der Waals surface area contributed by atoms with Crippen LogP contribution < -0.4 is 14.8 Å². The van der Waals surface area contributed by atoms with E-state index < -0.39 is 0 Å². The number of ether oxygens (including phenoxy) is 2. The Morgan fingerprint density at radius 3 is 3.00 bits per heavy atom. The summed E-state index contributed by atoms with van der Waals surface area (Å²) in [7, 11) is 1.73. The van der Waals surface area contributed by atoms with Crippen LogP contribution >= 0.6 is 0 Å². The van der Waals surface area contributed by atoms with Crippen LogP contribution in [0.4, 0.5) is 4.79 Å². The summed E-state index contributed by atoms with van der Waals surface area (Å²) in [4.78, 5) is 13.9. The summed E-state index contributed by atoms with van der Waals surface area (Å²) in [6, 6.07) is 7.47. The van der Waals surface area contributed by atoms with Crippen molar-refractivity contribution in [2.75, 3.05) is 13.7 Å². The molecule has 25 heavy (non-hydrogen) atoms. The van der Waals surface area contributed by atoms with Crippen molar-refractivity contribution >= 4 is 6.03 Å². The third-order valence-electron chi connectivity index (χ3n) is 4.13. The summed E-state index contributed by atoms with van der Waals surface area (Å²) < 4.78 is 16.8. The van der Waals surface area contributed by atoms with E-state index >= 15 is 0 Å². The Hall–Kier alpha value is -2.63. The largest absolute Gasteiger partial charge is 0.494 e. The second-order valence-electron chi connectivity index (χ2n) is 6.23. The molecule has 134 valence electrons. The molecule has 0 radical (unpaired) electrons. The Balaban J connectivity index is 1.65. The molecule has 6 heteroatoms. The van der Waals surface area contributed by atoms with Gasteiger partial charge in [-0.2, -0.15) is 0 Å². The van der Waals surface area contributed by atoms with Crippen LogP contribution in [0.3, 0.4) is 0 Å². The second-order valence-corrected chi connectivity index (χ2v) is 6.23. The predicted octanol–water partition coefficient (Wildman–Crippen LogP) is 3.34. The molecule has 2 aromatic rings. The topological polar surface area (TPSA) is 63.9 Å². The number of urea groups is 1. The number of carbonyl (C=O) groups excluding carboxylic acids is 1. The molecule has 0 fully saturated rings. The number of rotatable bonds is 6. The van der Waals surface area contributed by atoms with E-state index in [4.69, 9.17) is 13.9 Å². The molecule has 6 nitrogen and oxygen atoms in total. The molecule has 1 aromatic heterocycles. The maximum atomic E-state index is 12.3. The summed E-state index contributed by atoms with van der Waals surface area (Å²) in [5.41, 5.74) is 2.07. The molecule has 0 saturated heterocycles. The van der Waals surface area contributed by atoms with Crippen molar-refractivity contribution in [2.45, 2.75) is 39.5 Å². The normalized spacial score (nSPS) is 15.4. The van der Waals surface area contributed by atoms with Gasteiger partial charge in [0.05, 0.1) is 19.4 Å². The van der Waals surface area contributed by atoms with Gasteiger partial charge in [-0.15, -0.1) is 0 Å². The van der Waals surface area contributed by atoms with Crippen molar-refractivity contribution in [3.63, 3.8) is 0 Å². The quantitative estimate of drug-likeness (QED) is 0.873. The lowest BCUT2D eigenvalue weighted by molar-refractivity contribution is 0.202. The zero-order valence-electron chi connectivity index (χ0n) is 14.9. The molecule has 0 bridgehead atoms. The van der Waals surface area contributed by atoms with Crippen LogP contribution in [0.15, 0.2) is 34.9 Å². The molecule has 1 N–H and O–H groups in total. The molecule has 2 amide bonds. The first-order chi connectivity index (χ1) is 12.1. The Labute approximate surface area is 147 Å². The minimum Gasteiger partial charge on any atom is -0.494 e. The van der Waals surface area contributed by atoms with Gasteiger partial charge in [-0.25, -0.2) is 4.79 Å². The van der Waals surface area contributed by atoms with Gasteiger partial charge in [0.15, 0.2) is 0 Å². The van der Waals surface area contributed by atoms with Gasteiger partial charge in [0.25, 0.3) is 0 Å². The molecule has 1 aliphatic rings. The van der Waals surface area contributed by atoms with Crippen molar-refractivity contribution in [1.82, 2.24) is 10.2 Å². The highest BCUT2D eigenvalue weighted by atomic mass is 16.5. The fraction of sp³-hybridized carbons (Fsp3) is 0.421. The Morgan fingerprint density at radius 2 is 2.28 bits per heavy atom. The summed E-state index contributed by atoms with van der Waals surface area (Å²) in [5, 5.41) is 2.92. The highest BCUT2D eigenvalue weighted by Gasteiger charge is 2.22. The number of nitrogens with zero attached hydrogens (tertiary/aromatic N) is 1. The van der Waals surface area contributed by atoms with Crippen LogP contribution in [0, 0.1) is 0 Å². The molecule has 0 saturated carbocycles. The number of benzene rings is 1. The molecular formula is C19H24N2O4. The summed E-state index contributed by atoms with van der Waals surface area (Å²) >= 11 is 0. The van der Waals surface area contributed by atoms with Crippen LogP contribution in [0.25, 0.3) is 0 Å². The van der Waals surface area contributed by atoms with Crippen molar-refractivity contribution in [3.8, 4) is 11.5 Å². The van der Waals surface area contributed by atoms with E-state index in [0.29, 0.717) is 19.7 Å². The number of amides is 2. The Bertz CT molecular complexity index is 727. The smallest absolute Gasteiger partial charge is 0.317 e. The van der Waals surface area contributed by atoms with Crippen LogP contribution in [-0.4, -0.2) is 30.7 Å². The van der Waals surface area contributed by atoms with Crippen molar-refractivity contribution in [1.29, 1.82) is 0 Å². The highest BCUT2D eigenvalue weighted by Crippen LogP contribution is 2.35. The van der Waals surface area contributed by atoms with Gasteiger partial charge in [0.2, 0.25) is 0 Å². The van der Waals surface area contributed by atoms with Gasteiger partial charge in [0, 0.05) is 31.1 Å². The molecule has 1 atom stereocenters. The lowest BCUT2D eigenvalue weighted by Crippen LogP contribution is -2.36. The lowest BCUT2D eigenvalue weighted by atomic mass is 10.1. The summed E-state index contributed by atoms with van der Waals surface area (Å²) in [5.74, 6) is 2.42. The van der Waals surface area contributed by atoms with Gasteiger partial charge in [0.1, 0.15) is 23.4 Å². The first-order valence-corrected chi connectivity index (χ1v) is 8.53. The number of nitrogens with one attached hydrogen (secondary N) is 1. The van der Waals surface area contributed by atoms with E-state index in [1.807, 2.05) is 32.0 Å². The fourth-order valence-electron chi connectivity index (χ4n) is 2.92. The zero-order valence-corrected chi connectivity index (χ0v) is 14.9. The van der Waals surface area contributed by atoms with E-state index in [2.05, 4.69) is 5.32 Å². The standard InChI is InChI=1S/C19H24N2O4/c1-4-23-17-9-14-8-13(2)25-18(14)10-15(17)11-20-19(22)21(3)12-16-6-5-7-24-16/h5-7,9-10,13H,4,8,11-12H2,1-3H3,(H,20,22)/t13-/m0/s1. The van der Waals surface area contributed by atoms with E-state index in [-0.39, 0.29) is 12.1 Å². The second kappa shape index (κ2) is 7.51. The molecule has 0 unspecified atom stereocenters. The van der Waals surface area contributed by atoms with Gasteiger partial charge < -0.3 is 24.1 Å². The van der Waals surface area contributed by atoms with Crippen molar-refractivity contribution in [3.05, 3.63) is 47.4 Å². The predicted molar refractivity (Wildman–Crippen MR) is 93.8 cm³/mol. The maximum absolute atomic E-state index is 12.3. The molecule has 1 aliphatic heterocycles. The first-order valence-electron chi connectivity index (χ1n) is 8.53. The van der Waals surface area contributed by atoms with Gasteiger partial charge in [-0.05, 0) is 38.1 Å². The number of hydrogen-bond donors (Lipinski definition) is 1. The van der Waals surface area contributed by atoms with Gasteiger partial charge in [-0.1, -0.05) is 0 Å². The van der Waals surface area contributed by atoms with Crippen LogP contribution in [0.2, 0.25) is 0 Å². The molecule has 3 rings (SSSR count). The van der Waals surface area contributed by atoms with E-state index in [1.54, 1.807) is 24.3 Å². The van der Waals surface area contributed by atoms with E-state index in [1.165, 1.54) is 0 Å². The van der Waals surface area contributed by atoms with Crippen LogP contribution in [0.1, 0.15) is 30.7 Å². The minimum absolute atomic E-state index is 0.173. The van der Waals surface area contributed by atoms with E-state index in [0.717, 1.165) is 34.8 Å². The molecule has 0 aliphatic carbocycles. The number of furan rings is 1. The third-order valence-corrected chi connectivity index (χ3v) is 4.13. The number of fused-ring (bicyclic) bond motifs is 1. The fourth-order valence-corrected chi connectivity index (χ4v) is 2.92. The lowest BCUT2D eigenvalue weighted by Gasteiger charge is -2.18. The van der Waals surface area contributed by atoms with Crippen LogP contribution in [0.5, 0.6) is 11.5 Å². The maximum Gasteiger partial charge on any atom is 0.317 e. The monoisotopic (exact) mass is 344 g/mol. The van der Waals surface area contributed by atoms with E-state index in [9.17, 15) is 4.79 Å². The van der Waals surface area contributed by atoms with Crippen molar-refractivity contribution < 1.29 is 18.7 Å². The van der Waals surface area contributed by atoms with Crippen molar-refractivity contribution in [2.24, 2.45) is 0 Å². The van der Waals surface area contributed by atoms with Crippen LogP contribution in [-0.2, 0) is 19.5 Å². The first kappa shape index (κ1) is 17.2. The number of hydrogen-bond acceptors (Lipinski definition) is 4. The van der Waals surface area contributed by atoms with Gasteiger partial charge >= 0.3 is 6.03 Å². The van der Waals surface area contributed by atoms with Gasteiger partial charge in [-0.3, -0.25) is 0 Å². The summed E-state index contributed by atoms with van der Waals surface area (Å²) in [6.07, 6.45) is 2.66. The highest BCUT2D eigenvalue weighted by molar-refractivity contribution is 5.74. The Kier molecular flexibility index (Phi) is 5.16. The Morgan fingerprint density at radius 1 is 1.44 bits per heavy atom. The average molecular weight is 344 g/mol. The average Bonchev–Trinajstić information content (AvgIpc) is 3.20. The molecule has 2 heterocycles.